The molecule has 0 aliphatic heterocycles. The molecule has 2 N–H and O–H groups in total. The molecule has 4 nitrogen and oxygen atoms in total. The Morgan fingerprint density at radius 1 is 1.19 bits per heavy atom. The Morgan fingerprint density at radius 3 is 2.59 bits per heavy atom. The summed E-state index contributed by atoms with van der Waals surface area (Å²) in [6, 6.07) is 17.7. The summed E-state index contributed by atoms with van der Waals surface area (Å²) in [6.07, 6.45) is 0. The van der Waals surface area contributed by atoms with E-state index in [1.54, 1.807) is 0 Å². The molecule has 0 aliphatic carbocycles. The van der Waals surface area contributed by atoms with Gasteiger partial charge in [0.1, 0.15) is 0 Å². The summed E-state index contributed by atoms with van der Waals surface area (Å²) in [5.74, 6) is 1.83. The van der Waals surface area contributed by atoms with Gasteiger partial charge in [-0.1, -0.05) is 54.1 Å². The van der Waals surface area contributed by atoms with Crippen LogP contribution in [0, 0.1) is 0 Å². The second kappa shape index (κ2) is 13.1. The lowest BCUT2D eigenvalue weighted by Crippen LogP contribution is -2.39. The third-order valence-electron chi connectivity index (χ3n) is 3.81. The largest absolute Gasteiger partial charge is 0.357 e. The zero-order chi connectivity index (χ0) is 18.8. The molecule has 2 unspecified atom stereocenters. The Kier molecular flexibility index (Phi) is 11.6. The third kappa shape index (κ3) is 9.08. The van der Waals surface area contributed by atoms with Crippen LogP contribution in [0.15, 0.2) is 59.6 Å². The smallest absolute Gasteiger partial charge is 0.191 e. The number of nitrogens with zero attached hydrogens (tertiary/aromatic N) is 1. The van der Waals surface area contributed by atoms with Gasteiger partial charge in [0.15, 0.2) is 5.96 Å². The fourth-order valence-corrected chi connectivity index (χ4v) is 3.68. The summed E-state index contributed by atoms with van der Waals surface area (Å²) in [4.78, 5) is 4.55. The summed E-state index contributed by atoms with van der Waals surface area (Å²) in [5, 5.41) is 7.31. The first-order chi connectivity index (χ1) is 12.6. The van der Waals surface area contributed by atoms with Gasteiger partial charge in [0.2, 0.25) is 0 Å². The van der Waals surface area contributed by atoms with Crippen molar-refractivity contribution < 1.29 is 4.21 Å². The van der Waals surface area contributed by atoms with Gasteiger partial charge in [-0.3, -0.25) is 9.20 Å². The van der Waals surface area contributed by atoms with E-state index in [-0.39, 0.29) is 30.0 Å². The first-order valence-electron chi connectivity index (χ1n) is 8.77. The monoisotopic (exact) mass is 519 g/mol. The number of guanidine groups is 1. The molecular weight excluding hydrogens is 493 g/mol. The maximum atomic E-state index is 12.2. The summed E-state index contributed by atoms with van der Waals surface area (Å²) in [7, 11) is -0.923. The van der Waals surface area contributed by atoms with Crippen LogP contribution in [0.4, 0.5) is 0 Å². The lowest BCUT2D eigenvalue weighted by Gasteiger charge is -2.18. The topological polar surface area (TPSA) is 53.5 Å². The SMILES string of the molecule is CCNC(=NCCS(=O)Cc1ccccc1)NC(C)c1cccc(Cl)c1.I. The molecule has 0 aromatic heterocycles. The number of hydrogen-bond acceptors (Lipinski definition) is 2. The van der Waals surface area contributed by atoms with E-state index in [0.29, 0.717) is 18.1 Å². The molecule has 2 rings (SSSR count). The normalized spacial score (nSPS) is 13.4. The highest BCUT2D eigenvalue weighted by Gasteiger charge is 2.08. The number of hydrogen-bond donors (Lipinski definition) is 2. The number of halogens is 2. The average Bonchev–Trinajstić information content (AvgIpc) is 2.62. The molecule has 0 radical (unpaired) electrons. The summed E-state index contributed by atoms with van der Waals surface area (Å²) in [5.41, 5.74) is 2.19. The highest BCUT2D eigenvalue weighted by Crippen LogP contribution is 2.17. The fraction of sp³-hybridized carbons (Fsp3) is 0.350. The molecular formula is C20H27ClIN3OS. The van der Waals surface area contributed by atoms with E-state index in [0.717, 1.165) is 28.7 Å². The second-order valence-corrected chi connectivity index (χ2v) is 7.97. The van der Waals surface area contributed by atoms with Crippen LogP contribution in [0.2, 0.25) is 5.02 Å². The summed E-state index contributed by atoms with van der Waals surface area (Å²) < 4.78 is 12.2. The van der Waals surface area contributed by atoms with Crippen molar-refractivity contribution in [3.63, 3.8) is 0 Å². The molecule has 2 aromatic rings. The molecule has 0 fully saturated rings. The number of rotatable bonds is 8. The van der Waals surface area contributed by atoms with Gasteiger partial charge in [-0.25, -0.2) is 0 Å². The van der Waals surface area contributed by atoms with Crippen LogP contribution in [0.5, 0.6) is 0 Å². The summed E-state index contributed by atoms with van der Waals surface area (Å²) >= 11 is 6.06. The maximum absolute atomic E-state index is 12.2. The molecule has 0 saturated heterocycles. The molecule has 0 heterocycles. The fourth-order valence-electron chi connectivity index (χ4n) is 2.48. The number of nitrogens with one attached hydrogen (secondary N) is 2. The van der Waals surface area contributed by atoms with Crippen molar-refractivity contribution in [2.45, 2.75) is 25.6 Å². The van der Waals surface area contributed by atoms with Gasteiger partial charge in [-0.05, 0) is 37.1 Å². The first kappa shape index (κ1) is 23.9. The molecule has 0 amide bonds. The van der Waals surface area contributed by atoms with E-state index < -0.39 is 10.8 Å². The zero-order valence-electron chi connectivity index (χ0n) is 15.7. The second-order valence-electron chi connectivity index (χ2n) is 5.96. The van der Waals surface area contributed by atoms with E-state index >= 15 is 0 Å². The maximum Gasteiger partial charge on any atom is 0.191 e. The van der Waals surface area contributed by atoms with Crippen molar-refractivity contribution in [3.8, 4) is 0 Å². The zero-order valence-corrected chi connectivity index (χ0v) is 19.6. The van der Waals surface area contributed by atoms with Crippen molar-refractivity contribution in [1.29, 1.82) is 0 Å². The molecule has 0 bridgehead atoms. The van der Waals surface area contributed by atoms with Crippen LogP contribution in [0.3, 0.4) is 0 Å². The quantitative estimate of drug-likeness (QED) is 0.306. The van der Waals surface area contributed by atoms with Crippen molar-refractivity contribution in [2.75, 3.05) is 18.8 Å². The van der Waals surface area contributed by atoms with Gasteiger partial charge in [0, 0.05) is 33.9 Å². The van der Waals surface area contributed by atoms with Crippen LogP contribution in [0.25, 0.3) is 0 Å². The van der Waals surface area contributed by atoms with Gasteiger partial charge in [0.25, 0.3) is 0 Å². The molecule has 2 aromatic carbocycles. The first-order valence-corrected chi connectivity index (χ1v) is 10.6. The Morgan fingerprint density at radius 2 is 1.93 bits per heavy atom. The van der Waals surface area contributed by atoms with E-state index in [4.69, 9.17) is 11.6 Å². The Bertz CT molecular complexity index is 743. The Balaban J connectivity index is 0.00000364. The summed E-state index contributed by atoms with van der Waals surface area (Å²) in [6.45, 7) is 5.36. The standard InChI is InChI=1S/C20H26ClN3OS.HI/c1-3-22-20(24-16(2)18-10-7-11-19(21)14-18)23-12-13-26(25)15-17-8-5-4-6-9-17;/h4-11,14,16H,3,12-13,15H2,1-2H3,(H2,22,23,24);1H. The molecule has 0 saturated carbocycles. The molecule has 0 spiro atoms. The van der Waals surface area contributed by atoms with Crippen molar-refractivity contribution in [3.05, 3.63) is 70.7 Å². The van der Waals surface area contributed by atoms with Crippen molar-refractivity contribution in [1.82, 2.24) is 10.6 Å². The predicted molar refractivity (Wildman–Crippen MR) is 128 cm³/mol. The van der Waals surface area contributed by atoms with Crippen LogP contribution in [0.1, 0.15) is 31.0 Å². The van der Waals surface area contributed by atoms with Crippen LogP contribution in [-0.2, 0) is 16.6 Å². The average molecular weight is 520 g/mol. The van der Waals surface area contributed by atoms with Crippen LogP contribution in [-0.4, -0.2) is 29.0 Å². The van der Waals surface area contributed by atoms with Crippen molar-refractivity contribution in [2.24, 2.45) is 4.99 Å². The van der Waals surface area contributed by atoms with Gasteiger partial charge >= 0.3 is 0 Å². The minimum absolute atomic E-state index is 0. The van der Waals surface area contributed by atoms with Gasteiger partial charge in [0.05, 0.1) is 12.6 Å². The Labute approximate surface area is 186 Å². The molecule has 148 valence electrons. The van der Waals surface area contributed by atoms with E-state index in [9.17, 15) is 4.21 Å². The van der Waals surface area contributed by atoms with Gasteiger partial charge in [-0.2, -0.15) is 0 Å². The third-order valence-corrected chi connectivity index (χ3v) is 5.33. The minimum Gasteiger partial charge on any atom is -0.357 e. The molecule has 0 aliphatic rings. The lowest BCUT2D eigenvalue weighted by molar-refractivity contribution is 0.679. The highest BCUT2D eigenvalue weighted by molar-refractivity contribution is 14.0. The van der Waals surface area contributed by atoms with Gasteiger partial charge < -0.3 is 10.6 Å². The van der Waals surface area contributed by atoms with Crippen LogP contribution < -0.4 is 10.6 Å². The number of aliphatic imine (C=N–C) groups is 1. The van der Waals surface area contributed by atoms with E-state index in [1.807, 2.05) is 61.5 Å². The highest BCUT2D eigenvalue weighted by atomic mass is 127. The Hall–Kier alpha value is -1.12. The number of benzene rings is 2. The molecule has 2 atom stereocenters. The van der Waals surface area contributed by atoms with E-state index in [1.165, 1.54) is 0 Å². The lowest BCUT2D eigenvalue weighted by atomic mass is 10.1. The predicted octanol–water partition coefficient (Wildman–Crippen LogP) is 4.52. The van der Waals surface area contributed by atoms with Crippen molar-refractivity contribution >= 4 is 52.3 Å². The van der Waals surface area contributed by atoms with Crippen LogP contribution >= 0.6 is 35.6 Å². The minimum atomic E-state index is -0.923. The molecule has 27 heavy (non-hydrogen) atoms. The van der Waals surface area contributed by atoms with Gasteiger partial charge in [-0.15, -0.1) is 24.0 Å². The molecule has 7 heteroatoms. The van der Waals surface area contributed by atoms with E-state index in [2.05, 4.69) is 22.5 Å².